The lowest BCUT2D eigenvalue weighted by Gasteiger charge is -2.10. The van der Waals surface area contributed by atoms with Crippen LogP contribution < -0.4 is 5.32 Å². The molecule has 2 aromatic carbocycles. The van der Waals surface area contributed by atoms with E-state index in [4.69, 9.17) is 27.9 Å². The van der Waals surface area contributed by atoms with Gasteiger partial charge in [0.2, 0.25) is 0 Å². The van der Waals surface area contributed by atoms with E-state index < -0.39 is 18.5 Å². The number of halogens is 2. The molecule has 0 saturated heterocycles. The molecule has 0 unspecified atom stereocenters. The number of hydrogen-bond acceptors (Lipinski definition) is 4. The van der Waals surface area contributed by atoms with E-state index in [1.54, 1.807) is 28.9 Å². The number of rotatable bonds is 6. The summed E-state index contributed by atoms with van der Waals surface area (Å²) in [6.07, 6.45) is 2.12. The fourth-order valence-electron chi connectivity index (χ4n) is 2.88. The van der Waals surface area contributed by atoms with Crippen molar-refractivity contribution in [1.29, 1.82) is 0 Å². The molecule has 0 aliphatic heterocycles. The first-order valence-electron chi connectivity index (χ1n) is 9.09. The second-order valence-electron chi connectivity index (χ2n) is 6.70. The molecule has 148 valence electrons. The quantitative estimate of drug-likeness (QED) is 0.568. The van der Waals surface area contributed by atoms with Crippen LogP contribution in [0.5, 0.6) is 0 Å². The minimum Gasteiger partial charge on any atom is -0.451 e. The van der Waals surface area contributed by atoms with E-state index in [0.29, 0.717) is 16.6 Å². The summed E-state index contributed by atoms with van der Waals surface area (Å²) in [6, 6.07) is 15.9. The summed E-state index contributed by atoms with van der Waals surface area (Å²) in [5.41, 5.74) is 2.25. The third kappa shape index (κ3) is 4.44. The lowest BCUT2D eigenvalue weighted by Crippen LogP contribution is -2.22. The number of aromatic nitrogens is 2. The van der Waals surface area contributed by atoms with Crippen molar-refractivity contribution in [2.45, 2.75) is 18.8 Å². The SMILES string of the molecule is O=C(COC(=O)c1cc(C2CC2)nn1-c1ccccc1)Nc1cccc(Cl)c1Cl. The van der Waals surface area contributed by atoms with E-state index in [0.717, 1.165) is 24.2 Å². The van der Waals surface area contributed by atoms with E-state index in [9.17, 15) is 9.59 Å². The fourth-order valence-corrected chi connectivity index (χ4v) is 3.23. The van der Waals surface area contributed by atoms with Gasteiger partial charge in [-0.25, -0.2) is 9.48 Å². The normalized spacial score (nSPS) is 13.2. The number of nitrogens with one attached hydrogen (secondary N) is 1. The Morgan fingerprint density at radius 3 is 2.59 bits per heavy atom. The number of nitrogens with zero attached hydrogens (tertiary/aromatic N) is 2. The number of anilines is 1. The van der Waals surface area contributed by atoms with Crippen LogP contribution in [0.1, 0.15) is 34.9 Å². The maximum Gasteiger partial charge on any atom is 0.357 e. The van der Waals surface area contributed by atoms with Crippen molar-refractivity contribution < 1.29 is 14.3 Å². The topological polar surface area (TPSA) is 73.2 Å². The predicted molar refractivity (Wildman–Crippen MR) is 111 cm³/mol. The van der Waals surface area contributed by atoms with Crippen molar-refractivity contribution in [3.05, 3.63) is 76.0 Å². The van der Waals surface area contributed by atoms with Gasteiger partial charge in [0.1, 0.15) is 0 Å². The summed E-state index contributed by atoms with van der Waals surface area (Å²) >= 11 is 12.0. The zero-order valence-electron chi connectivity index (χ0n) is 15.3. The molecule has 1 amide bonds. The minimum atomic E-state index is -0.624. The molecule has 1 aliphatic rings. The number of carbonyl (C=O) groups is 2. The summed E-state index contributed by atoms with van der Waals surface area (Å²) in [4.78, 5) is 24.8. The van der Waals surface area contributed by atoms with Crippen molar-refractivity contribution in [3.8, 4) is 5.69 Å². The van der Waals surface area contributed by atoms with Crippen LogP contribution >= 0.6 is 23.2 Å². The third-order valence-electron chi connectivity index (χ3n) is 4.49. The molecule has 1 fully saturated rings. The van der Waals surface area contributed by atoms with Crippen LogP contribution in [0.15, 0.2) is 54.6 Å². The molecule has 29 heavy (non-hydrogen) atoms. The van der Waals surface area contributed by atoms with Gasteiger partial charge in [-0.15, -0.1) is 0 Å². The van der Waals surface area contributed by atoms with Gasteiger partial charge in [0, 0.05) is 5.92 Å². The van der Waals surface area contributed by atoms with Crippen LogP contribution in [0.4, 0.5) is 5.69 Å². The molecule has 1 heterocycles. The maximum atomic E-state index is 12.7. The van der Waals surface area contributed by atoms with Gasteiger partial charge in [-0.1, -0.05) is 47.5 Å². The molecule has 1 saturated carbocycles. The van der Waals surface area contributed by atoms with Crippen molar-refractivity contribution >= 4 is 40.8 Å². The molecular formula is C21H17Cl2N3O3. The standard InChI is InChI=1S/C21H17Cl2N3O3/c22-15-7-4-8-16(20(15)23)24-19(27)12-29-21(28)18-11-17(13-9-10-13)25-26(18)14-5-2-1-3-6-14/h1-8,11,13H,9-10,12H2,(H,24,27). The first-order chi connectivity index (χ1) is 14.0. The molecule has 0 radical (unpaired) electrons. The Morgan fingerprint density at radius 1 is 1.10 bits per heavy atom. The maximum absolute atomic E-state index is 12.7. The lowest BCUT2D eigenvalue weighted by molar-refractivity contribution is -0.119. The minimum absolute atomic E-state index is 0.227. The molecule has 1 N–H and O–H groups in total. The first kappa shape index (κ1) is 19.5. The molecule has 0 bridgehead atoms. The summed E-state index contributed by atoms with van der Waals surface area (Å²) in [6.45, 7) is -0.458. The van der Waals surface area contributed by atoms with E-state index in [1.807, 2.05) is 30.3 Å². The molecule has 8 heteroatoms. The molecule has 4 rings (SSSR count). The smallest absolute Gasteiger partial charge is 0.357 e. The van der Waals surface area contributed by atoms with E-state index in [-0.39, 0.29) is 10.7 Å². The van der Waals surface area contributed by atoms with Gasteiger partial charge in [0.15, 0.2) is 12.3 Å². The number of hydrogen-bond donors (Lipinski definition) is 1. The zero-order chi connectivity index (χ0) is 20.4. The largest absolute Gasteiger partial charge is 0.451 e. The van der Waals surface area contributed by atoms with Crippen LogP contribution in [0.3, 0.4) is 0 Å². The Morgan fingerprint density at radius 2 is 1.86 bits per heavy atom. The fraction of sp³-hybridized carbons (Fsp3) is 0.190. The second kappa shape index (κ2) is 8.27. The molecular weight excluding hydrogens is 413 g/mol. The van der Waals surface area contributed by atoms with Gasteiger partial charge in [0.25, 0.3) is 5.91 Å². The van der Waals surface area contributed by atoms with Gasteiger partial charge >= 0.3 is 5.97 Å². The summed E-state index contributed by atoms with van der Waals surface area (Å²) in [5.74, 6) is -0.768. The highest BCUT2D eigenvalue weighted by molar-refractivity contribution is 6.44. The number of ether oxygens (including phenoxy) is 1. The zero-order valence-corrected chi connectivity index (χ0v) is 16.8. The van der Waals surface area contributed by atoms with Crippen LogP contribution in [0.2, 0.25) is 10.0 Å². The molecule has 0 atom stereocenters. The molecule has 6 nitrogen and oxygen atoms in total. The number of para-hydroxylation sites is 1. The lowest BCUT2D eigenvalue weighted by atomic mass is 10.2. The van der Waals surface area contributed by atoms with Crippen LogP contribution in [-0.4, -0.2) is 28.3 Å². The molecule has 1 aliphatic carbocycles. The average Bonchev–Trinajstić information content (AvgIpc) is 3.48. The first-order valence-corrected chi connectivity index (χ1v) is 9.85. The van der Waals surface area contributed by atoms with Crippen molar-refractivity contribution in [3.63, 3.8) is 0 Å². The highest BCUT2D eigenvalue weighted by Crippen LogP contribution is 2.39. The Balaban J connectivity index is 1.47. The average molecular weight is 430 g/mol. The van der Waals surface area contributed by atoms with Gasteiger partial charge in [-0.05, 0) is 43.2 Å². The Bertz CT molecular complexity index is 1060. The van der Waals surface area contributed by atoms with Crippen molar-refractivity contribution in [2.24, 2.45) is 0 Å². The van der Waals surface area contributed by atoms with E-state index >= 15 is 0 Å². The monoisotopic (exact) mass is 429 g/mol. The third-order valence-corrected chi connectivity index (χ3v) is 5.31. The highest BCUT2D eigenvalue weighted by atomic mass is 35.5. The van der Waals surface area contributed by atoms with E-state index in [1.165, 1.54) is 0 Å². The molecule has 1 aromatic heterocycles. The number of carbonyl (C=O) groups excluding carboxylic acids is 2. The summed E-state index contributed by atoms with van der Waals surface area (Å²) in [7, 11) is 0. The Hall–Kier alpha value is -2.83. The second-order valence-corrected chi connectivity index (χ2v) is 7.49. The van der Waals surface area contributed by atoms with E-state index in [2.05, 4.69) is 10.4 Å². The highest BCUT2D eigenvalue weighted by Gasteiger charge is 2.29. The van der Waals surface area contributed by atoms with Gasteiger partial charge in [-0.3, -0.25) is 4.79 Å². The van der Waals surface area contributed by atoms with Gasteiger partial charge in [-0.2, -0.15) is 5.10 Å². The van der Waals surface area contributed by atoms with Crippen molar-refractivity contribution in [1.82, 2.24) is 9.78 Å². The number of benzene rings is 2. The van der Waals surface area contributed by atoms with Crippen LogP contribution in [0, 0.1) is 0 Å². The molecule has 3 aromatic rings. The van der Waals surface area contributed by atoms with Crippen LogP contribution in [-0.2, 0) is 9.53 Å². The van der Waals surface area contributed by atoms with Gasteiger partial charge in [0.05, 0.1) is 27.1 Å². The van der Waals surface area contributed by atoms with Gasteiger partial charge < -0.3 is 10.1 Å². The van der Waals surface area contributed by atoms with Crippen LogP contribution in [0.25, 0.3) is 5.69 Å². The summed E-state index contributed by atoms with van der Waals surface area (Å²) in [5, 5.41) is 7.69. The number of esters is 1. The Kier molecular flexibility index (Phi) is 5.56. The Labute approximate surface area is 177 Å². The molecule has 0 spiro atoms. The predicted octanol–water partition coefficient (Wildman–Crippen LogP) is 4.85. The van der Waals surface area contributed by atoms with Crippen molar-refractivity contribution in [2.75, 3.05) is 11.9 Å². The number of amides is 1. The summed E-state index contributed by atoms with van der Waals surface area (Å²) < 4.78 is 6.78.